The summed E-state index contributed by atoms with van der Waals surface area (Å²) in [6, 6.07) is 7.06. The highest BCUT2D eigenvalue weighted by Crippen LogP contribution is 2.30. The minimum Gasteiger partial charge on any atom is -0.493 e. The van der Waals surface area contributed by atoms with E-state index < -0.39 is 0 Å². The molecule has 0 saturated heterocycles. The molecule has 0 fully saturated rings. The number of benzene rings is 1. The number of rotatable bonds is 7. The Bertz CT molecular complexity index is 845. The van der Waals surface area contributed by atoms with Gasteiger partial charge in [0.05, 0.1) is 25.5 Å². The summed E-state index contributed by atoms with van der Waals surface area (Å²) in [5.41, 5.74) is 1.35. The molecule has 1 aromatic carbocycles. The number of nitrogens with one attached hydrogen (secondary N) is 1. The van der Waals surface area contributed by atoms with Crippen molar-refractivity contribution in [2.75, 3.05) is 20.8 Å². The van der Waals surface area contributed by atoms with Gasteiger partial charge in [-0.05, 0) is 18.2 Å². The van der Waals surface area contributed by atoms with Gasteiger partial charge in [0, 0.05) is 30.7 Å². The molecule has 7 nitrogen and oxygen atoms in total. The predicted molar refractivity (Wildman–Crippen MR) is 94.8 cm³/mol. The number of amides is 1. The number of carbonyl (C=O) groups excluding carboxylic acids is 1. The molecule has 2 heterocycles. The molecule has 0 aliphatic carbocycles. The van der Waals surface area contributed by atoms with E-state index in [0.717, 1.165) is 10.8 Å². The molecule has 0 atom stereocenters. The molecule has 1 N–H and O–H groups in total. The van der Waals surface area contributed by atoms with Crippen LogP contribution in [0.4, 0.5) is 0 Å². The van der Waals surface area contributed by atoms with Gasteiger partial charge in [0.2, 0.25) is 5.13 Å². The van der Waals surface area contributed by atoms with Crippen LogP contribution in [-0.2, 0) is 6.42 Å². The summed E-state index contributed by atoms with van der Waals surface area (Å²) in [7, 11) is 3.06. The first-order valence-electron chi connectivity index (χ1n) is 7.66. The molecule has 25 heavy (non-hydrogen) atoms. The maximum Gasteiger partial charge on any atom is 0.255 e. The Morgan fingerprint density at radius 2 is 2.16 bits per heavy atom. The number of aromatic nitrogens is 3. The van der Waals surface area contributed by atoms with Crippen molar-refractivity contribution in [3.8, 4) is 16.6 Å². The quantitative estimate of drug-likeness (QED) is 0.701. The van der Waals surface area contributed by atoms with Gasteiger partial charge in [-0.25, -0.2) is 9.67 Å². The highest BCUT2D eigenvalue weighted by atomic mass is 32.1. The standard InChI is InChI=1S/C17H18N4O3S/c1-23-14-6-3-5-13(15(14)24-2)16(22)18-9-7-12-11-25-17(20-12)21-10-4-8-19-21/h3-6,8,10-11H,7,9H2,1-2H3,(H,18,22). The smallest absolute Gasteiger partial charge is 0.255 e. The Morgan fingerprint density at radius 1 is 1.28 bits per heavy atom. The Balaban J connectivity index is 1.60. The van der Waals surface area contributed by atoms with E-state index in [1.54, 1.807) is 36.2 Å². The van der Waals surface area contributed by atoms with Crippen molar-refractivity contribution in [1.82, 2.24) is 20.1 Å². The maximum absolute atomic E-state index is 12.4. The van der Waals surface area contributed by atoms with Gasteiger partial charge in [0.1, 0.15) is 0 Å². The number of nitrogens with zero attached hydrogens (tertiary/aromatic N) is 3. The Hall–Kier alpha value is -2.87. The van der Waals surface area contributed by atoms with E-state index in [-0.39, 0.29) is 5.91 Å². The molecule has 2 aromatic heterocycles. The number of methoxy groups -OCH3 is 2. The fraction of sp³-hybridized carbons (Fsp3) is 0.235. The van der Waals surface area contributed by atoms with Crippen LogP contribution < -0.4 is 14.8 Å². The summed E-state index contributed by atoms with van der Waals surface area (Å²) in [4.78, 5) is 16.9. The van der Waals surface area contributed by atoms with Crippen LogP contribution in [-0.4, -0.2) is 41.4 Å². The third-order valence-corrected chi connectivity index (χ3v) is 4.43. The SMILES string of the molecule is COc1cccc(C(=O)NCCc2csc(-n3cccn3)n2)c1OC. The molecule has 0 bridgehead atoms. The Labute approximate surface area is 149 Å². The Morgan fingerprint density at radius 3 is 2.88 bits per heavy atom. The molecule has 8 heteroatoms. The van der Waals surface area contributed by atoms with E-state index in [9.17, 15) is 4.79 Å². The van der Waals surface area contributed by atoms with Crippen molar-refractivity contribution in [3.63, 3.8) is 0 Å². The molecule has 0 aliphatic rings. The van der Waals surface area contributed by atoms with Crippen LogP contribution in [0.3, 0.4) is 0 Å². The third-order valence-electron chi connectivity index (χ3n) is 3.55. The number of thiazole rings is 1. The largest absolute Gasteiger partial charge is 0.493 e. The average Bonchev–Trinajstić information content (AvgIpc) is 3.32. The number of hydrogen-bond donors (Lipinski definition) is 1. The number of carbonyl (C=O) groups is 1. The van der Waals surface area contributed by atoms with Crippen molar-refractivity contribution >= 4 is 17.2 Å². The van der Waals surface area contributed by atoms with E-state index in [0.29, 0.717) is 30.0 Å². The van der Waals surface area contributed by atoms with E-state index in [1.165, 1.54) is 18.4 Å². The molecule has 3 aromatic rings. The van der Waals surface area contributed by atoms with E-state index in [1.807, 2.05) is 17.6 Å². The predicted octanol–water partition coefficient (Wildman–Crippen LogP) is 2.32. The van der Waals surface area contributed by atoms with Crippen molar-refractivity contribution in [1.29, 1.82) is 0 Å². The lowest BCUT2D eigenvalue weighted by Crippen LogP contribution is -2.26. The minimum absolute atomic E-state index is 0.210. The van der Waals surface area contributed by atoms with Crippen LogP contribution in [0.2, 0.25) is 0 Å². The first-order valence-corrected chi connectivity index (χ1v) is 8.54. The van der Waals surface area contributed by atoms with Gasteiger partial charge in [0.15, 0.2) is 11.5 Å². The average molecular weight is 358 g/mol. The topological polar surface area (TPSA) is 78.3 Å². The third kappa shape index (κ3) is 3.80. The maximum atomic E-state index is 12.4. The van der Waals surface area contributed by atoms with Gasteiger partial charge < -0.3 is 14.8 Å². The molecule has 130 valence electrons. The molecule has 0 radical (unpaired) electrons. The number of para-hydroxylation sites is 1. The second-order valence-corrected chi connectivity index (χ2v) is 5.96. The lowest BCUT2D eigenvalue weighted by molar-refractivity contribution is 0.0950. The van der Waals surface area contributed by atoms with Crippen molar-refractivity contribution in [2.45, 2.75) is 6.42 Å². The molecular formula is C17H18N4O3S. The van der Waals surface area contributed by atoms with Gasteiger partial charge in [0.25, 0.3) is 5.91 Å². The van der Waals surface area contributed by atoms with E-state index in [2.05, 4.69) is 15.4 Å². The van der Waals surface area contributed by atoms with Crippen molar-refractivity contribution in [3.05, 3.63) is 53.3 Å². The molecule has 0 unspecified atom stereocenters. The van der Waals surface area contributed by atoms with Crippen LogP contribution in [0.1, 0.15) is 16.1 Å². The van der Waals surface area contributed by atoms with Crippen LogP contribution in [0.15, 0.2) is 42.0 Å². The first-order chi connectivity index (χ1) is 12.2. The van der Waals surface area contributed by atoms with Crippen molar-refractivity contribution < 1.29 is 14.3 Å². The lowest BCUT2D eigenvalue weighted by atomic mass is 10.1. The molecule has 3 rings (SSSR count). The van der Waals surface area contributed by atoms with Crippen LogP contribution in [0, 0.1) is 0 Å². The van der Waals surface area contributed by atoms with Gasteiger partial charge in [-0.3, -0.25) is 4.79 Å². The zero-order valence-corrected chi connectivity index (χ0v) is 14.7. The zero-order valence-electron chi connectivity index (χ0n) is 13.9. The van der Waals surface area contributed by atoms with Crippen LogP contribution >= 0.6 is 11.3 Å². The fourth-order valence-corrected chi connectivity index (χ4v) is 3.16. The fourth-order valence-electron chi connectivity index (χ4n) is 2.36. The van der Waals surface area contributed by atoms with Crippen molar-refractivity contribution in [2.24, 2.45) is 0 Å². The van der Waals surface area contributed by atoms with Gasteiger partial charge in [-0.15, -0.1) is 11.3 Å². The summed E-state index contributed by atoms with van der Waals surface area (Å²) in [6.45, 7) is 0.474. The monoisotopic (exact) mass is 358 g/mol. The highest BCUT2D eigenvalue weighted by molar-refractivity contribution is 7.12. The van der Waals surface area contributed by atoms with Gasteiger partial charge >= 0.3 is 0 Å². The number of hydrogen-bond acceptors (Lipinski definition) is 6. The molecule has 0 saturated carbocycles. The summed E-state index contributed by atoms with van der Waals surface area (Å²) in [5, 5.41) is 9.81. The summed E-state index contributed by atoms with van der Waals surface area (Å²) >= 11 is 1.51. The lowest BCUT2D eigenvalue weighted by Gasteiger charge is -2.12. The molecule has 1 amide bonds. The molecule has 0 spiro atoms. The van der Waals surface area contributed by atoms with E-state index >= 15 is 0 Å². The molecular weight excluding hydrogens is 340 g/mol. The summed E-state index contributed by atoms with van der Waals surface area (Å²) in [6.07, 6.45) is 4.19. The normalized spacial score (nSPS) is 10.5. The zero-order chi connectivity index (χ0) is 17.6. The minimum atomic E-state index is -0.210. The molecule has 0 aliphatic heterocycles. The second kappa shape index (κ2) is 7.80. The highest BCUT2D eigenvalue weighted by Gasteiger charge is 2.16. The van der Waals surface area contributed by atoms with Crippen LogP contribution in [0.25, 0.3) is 5.13 Å². The van der Waals surface area contributed by atoms with Crippen LogP contribution in [0.5, 0.6) is 11.5 Å². The first kappa shape index (κ1) is 17.0. The Kier molecular flexibility index (Phi) is 5.30. The van der Waals surface area contributed by atoms with Gasteiger partial charge in [-0.1, -0.05) is 6.07 Å². The van der Waals surface area contributed by atoms with Gasteiger partial charge in [-0.2, -0.15) is 5.10 Å². The second-order valence-electron chi connectivity index (χ2n) is 5.12. The summed E-state index contributed by atoms with van der Waals surface area (Å²) < 4.78 is 12.2. The summed E-state index contributed by atoms with van der Waals surface area (Å²) in [5.74, 6) is 0.744. The number of ether oxygens (including phenoxy) is 2. The van der Waals surface area contributed by atoms with E-state index in [4.69, 9.17) is 9.47 Å².